The van der Waals surface area contributed by atoms with E-state index in [1.54, 1.807) is 0 Å². The summed E-state index contributed by atoms with van der Waals surface area (Å²) in [6.45, 7) is 8.60. The van der Waals surface area contributed by atoms with Crippen molar-refractivity contribution in [3.05, 3.63) is 42.6 Å². The summed E-state index contributed by atoms with van der Waals surface area (Å²) in [5, 5.41) is 9.39. The van der Waals surface area contributed by atoms with Gasteiger partial charge in [-0.15, -0.1) is 6.58 Å². The maximum Gasteiger partial charge on any atom is 0.0841 e. The third kappa shape index (κ3) is 3.61. The molecule has 1 heterocycles. The summed E-state index contributed by atoms with van der Waals surface area (Å²) in [7, 11) is 0. The molecule has 0 fully saturated rings. The number of nitrogens with one attached hydrogen (secondary N) is 1. The molecule has 19 heavy (non-hydrogen) atoms. The van der Waals surface area contributed by atoms with Gasteiger partial charge in [0.25, 0.3) is 0 Å². The Bertz CT molecular complexity index is 533. The van der Waals surface area contributed by atoms with Crippen molar-refractivity contribution in [3.63, 3.8) is 0 Å². The van der Waals surface area contributed by atoms with Gasteiger partial charge in [0.05, 0.1) is 11.2 Å². The second kappa shape index (κ2) is 7.36. The number of aryl methyl sites for hydroxylation is 1. The molecule has 1 aromatic heterocycles. The van der Waals surface area contributed by atoms with Crippen LogP contribution >= 0.6 is 11.8 Å². The highest BCUT2D eigenvalue weighted by Gasteiger charge is 2.07. The minimum atomic E-state index is 0.835. The van der Waals surface area contributed by atoms with E-state index in [2.05, 4.69) is 52.9 Å². The Hall–Kier alpha value is -1.26. The van der Waals surface area contributed by atoms with Gasteiger partial charge in [0.15, 0.2) is 0 Å². The fourth-order valence-corrected chi connectivity index (χ4v) is 2.71. The Labute approximate surface area is 119 Å². The van der Waals surface area contributed by atoms with E-state index in [0.29, 0.717) is 0 Å². The molecule has 1 aromatic carbocycles. The number of rotatable bonds is 8. The van der Waals surface area contributed by atoms with Crippen molar-refractivity contribution >= 4 is 22.7 Å². The highest BCUT2D eigenvalue weighted by atomic mass is 32.2. The normalized spacial score (nSPS) is 11.0. The Morgan fingerprint density at radius 1 is 1.42 bits per heavy atom. The van der Waals surface area contributed by atoms with Crippen LogP contribution in [0.2, 0.25) is 0 Å². The monoisotopic (exact) mass is 275 g/mol. The van der Waals surface area contributed by atoms with Gasteiger partial charge in [-0.25, -0.2) is 0 Å². The molecule has 0 atom stereocenters. The molecule has 0 unspecified atom stereocenters. The van der Waals surface area contributed by atoms with Crippen molar-refractivity contribution < 1.29 is 0 Å². The molecule has 1 N–H and O–H groups in total. The van der Waals surface area contributed by atoms with Crippen LogP contribution in [-0.2, 0) is 13.1 Å². The number of hydrogen-bond acceptors (Lipinski definition) is 3. The summed E-state index contributed by atoms with van der Waals surface area (Å²) in [6.07, 6.45) is 1.95. The number of fused-ring (bicyclic) bond motifs is 1. The number of thioether (sulfide) groups is 1. The summed E-state index contributed by atoms with van der Waals surface area (Å²) >= 11 is 1.90. The lowest BCUT2D eigenvalue weighted by atomic mass is 10.2. The quantitative estimate of drug-likeness (QED) is 0.593. The standard InChI is InChI=1S/C15H21N3S/c1-3-10-19-11-9-16-12-14-13-7-5-6-8-15(13)18(4-2)17-14/h3,5-8,16H,1,4,9-12H2,2H3. The van der Waals surface area contributed by atoms with E-state index >= 15 is 0 Å². The van der Waals surface area contributed by atoms with Crippen LogP contribution in [0, 0.1) is 0 Å². The smallest absolute Gasteiger partial charge is 0.0841 e. The topological polar surface area (TPSA) is 29.9 Å². The third-order valence-corrected chi connectivity index (χ3v) is 3.95. The molecule has 2 aromatic rings. The van der Waals surface area contributed by atoms with Gasteiger partial charge in [-0.1, -0.05) is 24.3 Å². The summed E-state index contributed by atoms with van der Waals surface area (Å²) in [5.41, 5.74) is 2.37. The van der Waals surface area contributed by atoms with Gasteiger partial charge in [0.1, 0.15) is 0 Å². The second-order valence-electron chi connectivity index (χ2n) is 4.32. The van der Waals surface area contributed by atoms with Gasteiger partial charge in [0.2, 0.25) is 0 Å². The van der Waals surface area contributed by atoms with Crippen molar-refractivity contribution in [2.24, 2.45) is 0 Å². The van der Waals surface area contributed by atoms with E-state index in [0.717, 1.165) is 36.8 Å². The fourth-order valence-electron chi connectivity index (χ4n) is 2.09. The Morgan fingerprint density at radius 2 is 2.26 bits per heavy atom. The van der Waals surface area contributed by atoms with Crippen LogP contribution in [-0.4, -0.2) is 27.8 Å². The maximum absolute atomic E-state index is 4.67. The highest BCUT2D eigenvalue weighted by molar-refractivity contribution is 7.99. The molecule has 0 saturated heterocycles. The third-order valence-electron chi connectivity index (χ3n) is 2.99. The van der Waals surface area contributed by atoms with E-state index in [1.807, 2.05) is 17.8 Å². The number of aromatic nitrogens is 2. The first-order chi connectivity index (χ1) is 9.36. The van der Waals surface area contributed by atoms with Crippen LogP contribution in [0.3, 0.4) is 0 Å². The van der Waals surface area contributed by atoms with Gasteiger partial charge in [-0.3, -0.25) is 4.68 Å². The Morgan fingerprint density at radius 3 is 3.05 bits per heavy atom. The molecule has 0 saturated carbocycles. The second-order valence-corrected chi connectivity index (χ2v) is 5.47. The average molecular weight is 275 g/mol. The van der Waals surface area contributed by atoms with E-state index in [1.165, 1.54) is 10.9 Å². The number of nitrogens with zero attached hydrogens (tertiary/aromatic N) is 2. The van der Waals surface area contributed by atoms with Gasteiger partial charge in [-0.05, 0) is 13.0 Å². The molecule has 0 bridgehead atoms. The lowest BCUT2D eigenvalue weighted by molar-refractivity contribution is 0.643. The Kier molecular flexibility index (Phi) is 5.48. The fraction of sp³-hybridized carbons (Fsp3) is 0.400. The molecule has 0 aliphatic carbocycles. The van der Waals surface area contributed by atoms with E-state index in [4.69, 9.17) is 0 Å². The summed E-state index contributed by atoms with van der Waals surface area (Å²) < 4.78 is 2.07. The zero-order chi connectivity index (χ0) is 13.5. The van der Waals surface area contributed by atoms with Gasteiger partial charge in [0, 0.05) is 36.5 Å². The predicted octanol–water partition coefficient (Wildman–Crippen LogP) is 3.07. The molecule has 4 heteroatoms. The maximum atomic E-state index is 4.67. The van der Waals surface area contributed by atoms with Gasteiger partial charge < -0.3 is 5.32 Å². The molecule has 0 aliphatic heterocycles. The molecule has 2 rings (SSSR count). The van der Waals surface area contributed by atoms with Crippen LogP contribution in [0.4, 0.5) is 0 Å². The SMILES string of the molecule is C=CCSCCNCc1nn(CC)c2ccccc12. The van der Waals surface area contributed by atoms with Crippen molar-refractivity contribution in [1.82, 2.24) is 15.1 Å². The van der Waals surface area contributed by atoms with Crippen molar-refractivity contribution in [1.29, 1.82) is 0 Å². The molecule has 0 radical (unpaired) electrons. The molecule has 102 valence electrons. The molecule has 0 spiro atoms. The van der Waals surface area contributed by atoms with Crippen LogP contribution in [0.1, 0.15) is 12.6 Å². The van der Waals surface area contributed by atoms with Crippen LogP contribution < -0.4 is 5.32 Å². The predicted molar refractivity (Wildman–Crippen MR) is 84.6 cm³/mol. The first-order valence-corrected chi connectivity index (χ1v) is 7.86. The molecule has 0 aliphatic rings. The molecular weight excluding hydrogens is 254 g/mol. The Balaban J connectivity index is 1.95. The van der Waals surface area contributed by atoms with Gasteiger partial charge in [-0.2, -0.15) is 16.9 Å². The minimum absolute atomic E-state index is 0.835. The largest absolute Gasteiger partial charge is 0.310 e. The summed E-state index contributed by atoms with van der Waals surface area (Å²) in [5.74, 6) is 2.13. The van der Waals surface area contributed by atoms with Crippen LogP contribution in [0.25, 0.3) is 10.9 Å². The van der Waals surface area contributed by atoms with Crippen molar-refractivity contribution in [3.8, 4) is 0 Å². The number of para-hydroxylation sites is 1. The first kappa shape index (κ1) is 14.2. The first-order valence-electron chi connectivity index (χ1n) is 6.70. The molecular formula is C15H21N3S. The van der Waals surface area contributed by atoms with Gasteiger partial charge >= 0.3 is 0 Å². The van der Waals surface area contributed by atoms with E-state index in [-0.39, 0.29) is 0 Å². The van der Waals surface area contributed by atoms with Crippen molar-refractivity contribution in [2.45, 2.75) is 20.0 Å². The van der Waals surface area contributed by atoms with E-state index in [9.17, 15) is 0 Å². The summed E-state index contributed by atoms with van der Waals surface area (Å²) in [6, 6.07) is 8.43. The lowest BCUT2D eigenvalue weighted by Crippen LogP contribution is -2.17. The number of hydrogen-bond donors (Lipinski definition) is 1. The van der Waals surface area contributed by atoms with Crippen molar-refractivity contribution in [2.75, 3.05) is 18.1 Å². The molecule has 0 amide bonds. The lowest BCUT2D eigenvalue weighted by Gasteiger charge is -2.02. The average Bonchev–Trinajstić information content (AvgIpc) is 2.81. The van der Waals surface area contributed by atoms with E-state index < -0.39 is 0 Å². The van der Waals surface area contributed by atoms with Crippen LogP contribution in [0.5, 0.6) is 0 Å². The molecule has 3 nitrogen and oxygen atoms in total. The minimum Gasteiger partial charge on any atom is -0.310 e. The summed E-state index contributed by atoms with van der Waals surface area (Å²) in [4.78, 5) is 0. The number of benzene rings is 1. The highest BCUT2D eigenvalue weighted by Crippen LogP contribution is 2.18. The zero-order valence-corrected chi connectivity index (χ0v) is 12.2. The zero-order valence-electron chi connectivity index (χ0n) is 11.4. The van der Waals surface area contributed by atoms with Crippen LogP contribution in [0.15, 0.2) is 36.9 Å².